The molecule has 27 heavy (non-hydrogen) atoms. The number of nitrogens with one attached hydrogen (secondary N) is 1. The van der Waals surface area contributed by atoms with E-state index in [0.717, 1.165) is 18.8 Å². The fraction of sp³-hybridized carbons (Fsp3) is 0.300. The van der Waals surface area contributed by atoms with Gasteiger partial charge in [-0.25, -0.2) is 14.1 Å². The van der Waals surface area contributed by atoms with E-state index < -0.39 is 0 Å². The second-order valence-electron chi connectivity index (χ2n) is 6.31. The third-order valence-corrected chi connectivity index (χ3v) is 4.32. The van der Waals surface area contributed by atoms with Crippen molar-refractivity contribution in [2.24, 2.45) is 0 Å². The van der Waals surface area contributed by atoms with Crippen LogP contribution in [0.15, 0.2) is 54.6 Å². The molecule has 0 spiro atoms. The standard InChI is InChI=1S/C20H21FN4O2/c21-17-8-4-5-9-18(17)25-20(12-16-13-22-10-11-26-16)23-19(24-25)14-27-15-6-2-1-3-7-15/h1-9,16,22H,10-14H2. The van der Waals surface area contributed by atoms with Crippen molar-refractivity contribution in [2.75, 3.05) is 19.7 Å². The number of nitrogens with zero attached hydrogens (tertiary/aromatic N) is 3. The molecule has 0 saturated carbocycles. The number of halogens is 1. The third kappa shape index (κ3) is 4.32. The minimum Gasteiger partial charge on any atom is -0.486 e. The highest BCUT2D eigenvalue weighted by molar-refractivity contribution is 5.33. The van der Waals surface area contributed by atoms with Gasteiger partial charge in [-0.3, -0.25) is 0 Å². The Kier molecular flexibility index (Phi) is 5.41. The number of morpholine rings is 1. The van der Waals surface area contributed by atoms with Crippen LogP contribution in [0.1, 0.15) is 11.6 Å². The summed E-state index contributed by atoms with van der Waals surface area (Å²) in [6, 6.07) is 16.0. The van der Waals surface area contributed by atoms with Gasteiger partial charge in [0, 0.05) is 19.5 Å². The maximum Gasteiger partial charge on any atom is 0.188 e. The highest BCUT2D eigenvalue weighted by atomic mass is 19.1. The van der Waals surface area contributed by atoms with Gasteiger partial charge in [0.1, 0.15) is 29.7 Å². The van der Waals surface area contributed by atoms with Gasteiger partial charge < -0.3 is 14.8 Å². The number of hydrogen-bond donors (Lipinski definition) is 1. The smallest absolute Gasteiger partial charge is 0.188 e. The molecule has 1 atom stereocenters. The van der Waals surface area contributed by atoms with Crippen LogP contribution < -0.4 is 10.1 Å². The molecule has 2 heterocycles. The Bertz CT molecular complexity index is 879. The molecular weight excluding hydrogens is 347 g/mol. The van der Waals surface area contributed by atoms with Crippen molar-refractivity contribution >= 4 is 0 Å². The van der Waals surface area contributed by atoms with Gasteiger partial charge >= 0.3 is 0 Å². The van der Waals surface area contributed by atoms with E-state index in [4.69, 9.17) is 9.47 Å². The molecule has 0 bridgehead atoms. The Morgan fingerprint density at radius 1 is 1.15 bits per heavy atom. The molecule has 6 nitrogen and oxygen atoms in total. The summed E-state index contributed by atoms with van der Waals surface area (Å²) in [6.07, 6.45) is 0.524. The fourth-order valence-electron chi connectivity index (χ4n) is 3.02. The Balaban J connectivity index is 1.59. The SMILES string of the molecule is Fc1ccccc1-n1nc(COc2ccccc2)nc1CC1CNCCO1. The molecule has 1 aromatic heterocycles. The first-order chi connectivity index (χ1) is 13.3. The Morgan fingerprint density at radius 2 is 1.96 bits per heavy atom. The van der Waals surface area contributed by atoms with Crippen LogP contribution >= 0.6 is 0 Å². The number of para-hydroxylation sites is 2. The second-order valence-corrected chi connectivity index (χ2v) is 6.31. The molecule has 4 rings (SSSR count). The molecule has 1 unspecified atom stereocenters. The average molecular weight is 368 g/mol. The number of ether oxygens (including phenoxy) is 2. The predicted molar refractivity (Wildman–Crippen MR) is 98.4 cm³/mol. The van der Waals surface area contributed by atoms with Gasteiger partial charge in [-0.05, 0) is 24.3 Å². The van der Waals surface area contributed by atoms with Crippen LogP contribution in [-0.2, 0) is 17.8 Å². The van der Waals surface area contributed by atoms with E-state index >= 15 is 0 Å². The minimum absolute atomic E-state index is 0.0173. The first-order valence-electron chi connectivity index (χ1n) is 8.99. The van der Waals surface area contributed by atoms with Gasteiger partial charge in [-0.2, -0.15) is 0 Å². The van der Waals surface area contributed by atoms with Crippen LogP contribution in [0.3, 0.4) is 0 Å². The Morgan fingerprint density at radius 3 is 2.74 bits per heavy atom. The van der Waals surface area contributed by atoms with Crippen LogP contribution in [0, 0.1) is 5.82 Å². The average Bonchev–Trinajstić information content (AvgIpc) is 3.11. The van der Waals surface area contributed by atoms with Crippen LogP contribution in [0.4, 0.5) is 4.39 Å². The summed E-state index contributed by atoms with van der Waals surface area (Å²) < 4.78 is 27.4. The van der Waals surface area contributed by atoms with Crippen LogP contribution in [-0.4, -0.2) is 40.6 Å². The number of rotatable bonds is 6. The summed E-state index contributed by atoms with van der Waals surface area (Å²) in [5, 5.41) is 7.78. The lowest BCUT2D eigenvalue weighted by atomic mass is 10.2. The third-order valence-electron chi connectivity index (χ3n) is 4.32. The zero-order valence-electron chi connectivity index (χ0n) is 14.8. The van der Waals surface area contributed by atoms with Crippen molar-refractivity contribution in [1.82, 2.24) is 20.1 Å². The van der Waals surface area contributed by atoms with Crippen molar-refractivity contribution in [3.05, 3.63) is 72.1 Å². The molecule has 0 radical (unpaired) electrons. The first-order valence-corrected chi connectivity index (χ1v) is 8.99. The Hall–Kier alpha value is -2.77. The quantitative estimate of drug-likeness (QED) is 0.724. The molecule has 0 amide bonds. The molecular formula is C20H21FN4O2. The molecule has 0 aliphatic carbocycles. The summed E-state index contributed by atoms with van der Waals surface area (Å²) in [5.74, 6) is 1.55. The van der Waals surface area contributed by atoms with E-state index in [1.54, 1.807) is 22.9 Å². The molecule has 1 N–H and O–H groups in total. The van der Waals surface area contributed by atoms with Crippen molar-refractivity contribution in [3.8, 4) is 11.4 Å². The molecule has 7 heteroatoms. The van der Waals surface area contributed by atoms with Gasteiger partial charge in [0.05, 0.1) is 12.7 Å². The molecule has 1 fully saturated rings. The molecule has 3 aromatic rings. The summed E-state index contributed by atoms with van der Waals surface area (Å²) in [7, 11) is 0. The topological polar surface area (TPSA) is 61.2 Å². The Labute approximate surface area is 156 Å². The van der Waals surface area contributed by atoms with Crippen LogP contribution in [0.2, 0.25) is 0 Å². The highest BCUT2D eigenvalue weighted by Crippen LogP contribution is 2.17. The minimum atomic E-state index is -0.345. The van der Waals surface area contributed by atoms with Gasteiger partial charge in [-0.15, -0.1) is 5.10 Å². The fourth-order valence-corrected chi connectivity index (χ4v) is 3.02. The van der Waals surface area contributed by atoms with Crippen molar-refractivity contribution in [1.29, 1.82) is 0 Å². The van der Waals surface area contributed by atoms with Crippen LogP contribution in [0.25, 0.3) is 5.69 Å². The lowest BCUT2D eigenvalue weighted by molar-refractivity contribution is 0.0277. The molecule has 1 saturated heterocycles. The second kappa shape index (κ2) is 8.28. The van der Waals surface area contributed by atoms with Crippen LogP contribution in [0.5, 0.6) is 5.75 Å². The first kappa shape index (κ1) is 17.6. The van der Waals surface area contributed by atoms with Gasteiger partial charge in [-0.1, -0.05) is 30.3 Å². The predicted octanol–water partition coefficient (Wildman–Crippen LogP) is 2.52. The largest absolute Gasteiger partial charge is 0.486 e. The number of benzene rings is 2. The zero-order valence-corrected chi connectivity index (χ0v) is 14.8. The van der Waals surface area contributed by atoms with E-state index in [1.807, 2.05) is 30.3 Å². The van der Waals surface area contributed by atoms with Crippen molar-refractivity contribution < 1.29 is 13.9 Å². The van der Waals surface area contributed by atoms with Crippen molar-refractivity contribution in [2.45, 2.75) is 19.1 Å². The zero-order chi connectivity index (χ0) is 18.5. The summed E-state index contributed by atoms with van der Waals surface area (Å²) >= 11 is 0. The summed E-state index contributed by atoms with van der Waals surface area (Å²) in [5.41, 5.74) is 0.370. The molecule has 140 valence electrons. The monoisotopic (exact) mass is 368 g/mol. The maximum absolute atomic E-state index is 14.3. The highest BCUT2D eigenvalue weighted by Gasteiger charge is 2.21. The number of hydrogen-bond acceptors (Lipinski definition) is 5. The van der Waals surface area contributed by atoms with E-state index in [9.17, 15) is 4.39 Å². The van der Waals surface area contributed by atoms with Crippen molar-refractivity contribution in [3.63, 3.8) is 0 Å². The van der Waals surface area contributed by atoms with E-state index in [1.165, 1.54) is 6.07 Å². The van der Waals surface area contributed by atoms with Gasteiger partial charge in [0.2, 0.25) is 0 Å². The molecule has 1 aliphatic heterocycles. The van der Waals surface area contributed by atoms with E-state index in [2.05, 4.69) is 15.4 Å². The maximum atomic E-state index is 14.3. The van der Waals surface area contributed by atoms with E-state index in [0.29, 0.717) is 30.4 Å². The lowest BCUT2D eigenvalue weighted by Gasteiger charge is -2.23. The lowest BCUT2D eigenvalue weighted by Crippen LogP contribution is -2.40. The normalized spacial score (nSPS) is 17.0. The summed E-state index contributed by atoms with van der Waals surface area (Å²) in [4.78, 5) is 4.59. The summed E-state index contributed by atoms with van der Waals surface area (Å²) in [6.45, 7) is 2.44. The van der Waals surface area contributed by atoms with E-state index in [-0.39, 0.29) is 18.5 Å². The number of aromatic nitrogens is 3. The van der Waals surface area contributed by atoms with Gasteiger partial charge in [0.25, 0.3) is 0 Å². The van der Waals surface area contributed by atoms with Gasteiger partial charge in [0.15, 0.2) is 5.82 Å². The molecule has 1 aliphatic rings. The molecule has 2 aromatic carbocycles.